The van der Waals surface area contributed by atoms with Gasteiger partial charge >= 0.3 is 0 Å². The fourth-order valence-electron chi connectivity index (χ4n) is 4.06. The number of nitrogens with zero attached hydrogens (tertiary/aromatic N) is 2. The van der Waals surface area contributed by atoms with Crippen LogP contribution in [0, 0.1) is 0 Å². The van der Waals surface area contributed by atoms with Crippen molar-refractivity contribution in [1.29, 1.82) is 0 Å². The van der Waals surface area contributed by atoms with Crippen LogP contribution in [0.25, 0.3) is 0 Å². The molecule has 0 spiro atoms. The number of guanidine groups is 1. The van der Waals surface area contributed by atoms with Crippen LogP contribution in [0.15, 0.2) is 40.7 Å². The maximum Gasteiger partial charge on any atom is 0.231 e. The van der Waals surface area contributed by atoms with Crippen molar-refractivity contribution < 1.29 is 14.2 Å². The van der Waals surface area contributed by atoms with Crippen LogP contribution in [-0.2, 0) is 16.6 Å². The highest BCUT2D eigenvalue weighted by Crippen LogP contribution is 2.41. The van der Waals surface area contributed by atoms with Gasteiger partial charge in [0.05, 0.1) is 6.54 Å². The van der Waals surface area contributed by atoms with E-state index in [4.69, 9.17) is 19.2 Å². The normalized spacial score (nSPS) is 17.2. The molecule has 1 fully saturated rings. The molecule has 0 radical (unpaired) electrons. The highest BCUT2D eigenvalue weighted by atomic mass is 127. The maximum atomic E-state index is 5.69. The molecule has 2 aliphatic heterocycles. The molecular formula is C23H32IN3O3S. The van der Waals surface area contributed by atoms with Crippen LogP contribution in [0.4, 0.5) is 0 Å². The fraction of sp³-hybridized carbons (Fsp3) is 0.522. The van der Waals surface area contributed by atoms with E-state index < -0.39 is 0 Å². The number of aliphatic imine (C=N–C) groups is 1. The Kier molecular flexibility index (Phi) is 8.85. The molecular weight excluding hydrogens is 525 g/mol. The minimum Gasteiger partial charge on any atom is -0.454 e. The topological polar surface area (TPSA) is 55.3 Å². The summed E-state index contributed by atoms with van der Waals surface area (Å²) in [5, 5.41) is 5.60. The summed E-state index contributed by atoms with van der Waals surface area (Å²) >= 11 is 1.81. The van der Waals surface area contributed by atoms with Gasteiger partial charge in [-0.05, 0) is 55.3 Å². The van der Waals surface area contributed by atoms with Crippen molar-refractivity contribution in [3.63, 3.8) is 0 Å². The third kappa shape index (κ3) is 5.84. The number of likely N-dealkylation sites (N-methyl/N-ethyl adjacent to an activating group) is 1. The molecule has 170 valence electrons. The largest absolute Gasteiger partial charge is 0.454 e. The first kappa shape index (κ1) is 24.1. The fourth-order valence-corrected chi connectivity index (χ4v) is 4.76. The van der Waals surface area contributed by atoms with Gasteiger partial charge in [-0.2, -0.15) is 0 Å². The molecule has 1 aromatic heterocycles. The van der Waals surface area contributed by atoms with E-state index >= 15 is 0 Å². The highest BCUT2D eigenvalue weighted by Gasteiger charge is 2.36. The lowest BCUT2D eigenvalue weighted by molar-refractivity contribution is 0.0529. The van der Waals surface area contributed by atoms with E-state index in [2.05, 4.69) is 53.8 Å². The first-order chi connectivity index (χ1) is 14.7. The molecule has 2 aromatic rings. The maximum absolute atomic E-state index is 5.69. The van der Waals surface area contributed by atoms with Crippen molar-refractivity contribution in [2.45, 2.75) is 31.6 Å². The summed E-state index contributed by atoms with van der Waals surface area (Å²) in [5.41, 5.74) is 1.21. The SMILES string of the molecule is CCNC(=NCC1(c2ccc3c(c2)OCO3)CCOCC1)N(C)CCc1cccs1.I. The zero-order valence-electron chi connectivity index (χ0n) is 18.3. The number of thiophene rings is 1. The van der Waals surface area contributed by atoms with Gasteiger partial charge in [-0.1, -0.05) is 12.1 Å². The van der Waals surface area contributed by atoms with Crippen molar-refractivity contribution in [2.75, 3.05) is 46.7 Å². The van der Waals surface area contributed by atoms with Crippen LogP contribution in [0.1, 0.15) is 30.2 Å². The zero-order valence-corrected chi connectivity index (χ0v) is 21.4. The summed E-state index contributed by atoms with van der Waals surface area (Å²) in [4.78, 5) is 8.72. The number of nitrogens with one attached hydrogen (secondary N) is 1. The van der Waals surface area contributed by atoms with Gasteiger partial charge in [0.25, 0.3) is 0 Å². The monoisotopic (exact) mass is 557 g/mol. The molecule has 3 heterocycles. The van der Waals surface area contributed by atoms with Gasteiger partial charge in [0, 0.05) is 43.6 Å². The van der Waals surface area contributed by atoms with Gasteiger partial charge < -0.3 is 24.4 Å². The van der Waals surface area contributed by atoms with E-state index in [1.54, 1.807) is 0 Å². The molecule has 8 heteroatoms. The smallest absolute Gasteiger partial charge is 0.231 e. The first-order valence-corrected chi connectivity index (χ1v) is 11.6. The number of fused-ring (bicyclic) bond motifs is 1. The zero-order chi connectivity index (χ0) is 20.8. The van der Waals surface area contributed by atoms with E-state index in [1.165, 1.54) is 10.4 Å². The Hall–Kier alpha value is -1.52. The summed E-state index contributed by atoms with van der Waals surface area (Å²) in [6.45, 7) is 6.44. The standard InChI is InChI=1S/C23H31N3O3S.HI/c1-3-24-22(26(2)11-8-19-5-4-14-30-19)25-16-23(9-12-27-13-10-23)18-6-7-20-21(15-18)29-17-28-20;/h4-7,14-15H,3,8-13,16-17H2,1-2H3,(H,24,25);1H. The molecule has 0 unspecified atom stereocenters. The summed E-state index contributed by atoms with van der Waals surface area (Å²) in [6.07, 6.45) is 2.93. The van der Waals surface area contributed by atoms with Crippen molar-refractivity contribution in [2.24, 2.45) is 4.99 Å². The molecule has 0 saturated carbocycles. The van der Waals surface area contributed by atoms with E-state index in [-0.39, 0.29) is 29.4 Å². The Bertz CT molecular complexity index is 854. The van der Waals surface area contributed by atoms with E-state index in [0.29, 0.717) is 6.79 Å². The number of benzene rings is 1. The molecule has 1 N–H and O–H groups in total. The molecule has 2 aliphatic rings. The first-order valence-electron chi connectivity index (χ1n) is 10.7. The predicted octanol–water partition coefficient (Wildman–Crippen LogP) is 4.28. The second-order valence-electron chi connectivity index (χ2n) is 7.88. The number of rotatable bonds is 7. The van der Waals surface area contributed by atoms with Gasteiger partial charge in [-0.25, -0.2) is 0 Å². The lowest BCUT2D eigenvalue weighted by Gasteiger charge is -2.37. The van der Waals surface area contributed by atoms with Gasteiger partial charge in [-0.3, -0.25) is 4.99 Å². The van der Waals surface area contributed by atoms with E-state index in [9.17, 15) is 0 Å². The Morgan fingerprint density at radius 3 is 2.74 bits per heavy atom. The molecule has 0 aliphatic carbocycles. The Balaban J connectivity index is 0.00000272. The van der Waals surface area contributed by atoms with Crippen LogP contribution in [0.5, 0.6) is 11.5 Å². The summed E-state index contributed by atoms with van der Waals surface area (Å²) < 4.78 is 16.8. The Morgan fingerprint density at radius 2 is 2.00 bits per heavy atom. The number of halogens is 1. The molecule has 1 aromatic carbocycles. The molecule has 0 atom stereocenters. The van der Waals surface area contributed by atoms with E-state index in [0.717, 1.165) is 69.6 Å². The van der Waals surface area contributed by atoms with Crippen molar-refractivity contribution >= 4 is 41.3 Å². The molecule has 0 amide bonds. The Labute approximate surface area is 206 Å². The second-order valence-corrected chi connectivity index (χ2v) is 8.91. The van der Waals surface area contributed by atoms with Crippen molar-refractivity contribution in [1.82, 2.24) is 10.2 Å². The summed E-state index contributed by atoms with van der Waals surface area (Å²) in [7, 11) is 2.12. The second kappa shape index (κ2) is 11.4. The number of hydrogen-bond donors (Lipinski definition) is 1. The summed E-state index contributed by atoms with van der Waals surface area (Å²) in [6, 6.07) is 10.6. The molecule has 0 bridgehead atoms. The van der Waals surface area contributed by atoms with Crippen LogP contribution >= 0.6 is 35.3 Å². The quantitative estimate of drug-likeness (QED) is 0.313. The van der Waals surface area contributed by atoms with Crippen LogP contribution in [0.3, 0.4) is 0 Å². The minimum absolute atomic E-state index is 0. The van der Waals surface area contributed by atoms with Gasteiger partial charge in [0.1, 0.15) is 0 Å². The molecule has 6 nitrogen and oxygen atoms in total. The molecule has 4 rings (SSSR count). The van der Waals surface area contributed by atoms with E-state index in [1.807, 2.05) is 17.4 Å². The minimum atomic E-state index is -0.0471. The molecule has 1 saturated heterocycles. The van der Waals surface area contributed by atoms with Crippen LogP contribution < -0.4 is 14.8 Å². The average molecular weight is 557 g/mol. The third-order valence-electron chi connectivity index (χ3n) is 5.94. The summed E-state index contributed by atoms with van der Waals surface area (Å²) in [5.74, 6) is 2.62. The van der Waals surface area contributed by atoms with Crippen LogP contribution in [0.2, 0.25) is 0 Å². The van der Waals surface area contributed by atoms with Gasteiger partial charge in [0.15, 0.2) is 17.5 Å². The number of ether oxygens (including phenoxy) is 3. The van der Waals surface area contributed by atoms with Crippen LogP contribution in [-0.4, -0.2) is 57.5 Å². The van der Waals surface area contributed by atoms with Gasteiger partial charge in [0.2, 0.25) is 6.79 Å². The lowest BCUT2D eigenvalue weighted by atomic mass is 9.74. The lowest BCUT2D eigenvalue weighted by Crippen LogP contribution is -2.42. The van der Waals surface area contributed by atoms with Gasteiger partial charge in [-0.15, -0.1) is 35.3 Å². The average Bonchev–Trinajstić information content (AvgIpc) is 3.47. The molecule has 31 heavy (non-hydrogen) atoms. The predicted molar refractivity (Wildman–Crippen MR) is 136 cm³/mol. The highest BCUT2D eigenvalue weighted by molar-refractivity contribution is 14.0. The third-order valence-corrected chi connectivity index (χ3v) is 6.87. The Morgan fingerprint density at radius 1 is 1.19 bits per heavy atom. The van der Waals surface area contributed by atoms with Crippen molar-refractivity contribution in [3.05, 3.63) is 46.2 Å². The van der Waals surface area contributed by atoms with Crippen molar-refractivity contribution in [3.8, 4) is 11.5 Å². The number of hydrogen-bond acceptors (Lipinski definition) is 5.